The van der Waals surface area contributed by atoms with Crippen LogP contribution in [0.2, 0.25) is 0 Å². The Morgan fingerprint density at radius 2 is 1.55 bits per heavy atom. The molecule has 0 aromatic carbocycles. The predicted molar refractivity (Wildman–Crippen MR) is 212 cm³/mol. The second-order valence-electron chi connectivity index (χ2n) is 20.3. The maximum Gasteiger partial charge on any atom is 0.237 e. The molecule has 4 aliphatic carbocycles. The summed E-state index contributed by atoms with van der Waals surface area (Å²) in [4.78, 5) is 75.4. The van der Waals surface area contributed by atoms with Crippen molar-refractivity contribution in [2.75, 3.05) is 26.7 Å². The van der Waals surface area contributed by atoms with Crippen LogP contribution in [0.25, 0.3) is 0 Å². The van der Waals surface area contributed by atoms with Gasteiger partial charge in [-0.25, -0.2) is 8.42 Å². The summed E-state index contributed by atoms with van der Waals surface area (Å²) < 4.78 is 27.7. The van der Waals surface area contributed by atoms with E-state index in [4.69, 9.17) is 0 Å². The zero-order valence-electron chi connectivity index (χ0n) is 34.8. The molecule has 310 valence electrons. The molecule has 6 fully saturated rings. The molecule has 55 heavy (non-hydrogen) atoms. The van der Waals surface area contributed by atoms with Crippen LogP contribution < -0.4 is 10.0 Å². The third-order valence-corrected chi connectivity index (χ3v) is 17.5. The Bertz CT molecular complexity index is 1610. The van der Waals surface area contributed by atoms with Gasteiger partial charge in [0, 0.05) is 43.2 Å². The first-order chi connectivity index (χ1) is 25.8. The number of piperidine rings is 1. The molecule has 2 aliphatic heterocycles. The molecule has 2 N–H and O–H groups in total. The summed E-state index contributed by atoms with van der Waals surface area (Å²) in [5, 5.41) is 2.67. The van der Waals surface area contributed by atoms with Crippen LogP contribution in [-0.4, -0.2) is 91.5 Å². The van der Waals surface area contributed by atoms with E-state index in [1.807, 2.05) is 34.7 Å². The lowest BCUT2D eigenvalue weighted by Gasteiger charge is -2.37. The maximum atomic E-state index is 15.2. The number of likely N-dealkylation sites (tertiary alicyclic amines) is 2. The molecule has 6 aliphatic rings. The predicted octanol–water partition coefficient (Wildman–Crippen LogP) is 5.80. The molecule has 3 amide bonds. The van der Waals surface area contributed by atoms with E-state index in [0.717, 1.165) is 70.8 Å². The Hall–Kier alpha value is -2.34. The van der Waals surface area contributed by atoms with Crippen molar-refractivity contribution < 1.29 is 32.4 Å². The summed E-state index contributed by atoms with van der Waals surface area (Å²) in [5.41, 5.74) is -0.855. The van der Waals surface area contributed by atoms with Crippen LogP contribution in [0.15, 0.2) is 0 Å². The van der Waals surface area contributed by atoms with Gasteiger partial charge >= 0.3 is 0 Å². The molecule has 0 unspecified atom stereocenters. The summed E-state index contributed by atoms with van der Waals surface area (Å²) in [6.07, 6.45) is 12.2. The van der Waals surface area contributed by atoms with Crippen molar-refractivity contribution in [1.82, 2.24) is 19.8 Å². The highest BCUT2D eigenvalue weighted by Gasteiger charge is 2.85. The third-order valence-electron chi connectivity index (χ3n) is 15.6. The van der Waals surface area contributed by atoms with Crippen LogP contribution >= 0.6 is 0 Å². The Morgan fingerprint density at radius 3 is 2.09 bits per heavy atom. The largest absolute Gasteiger partial charge is 0.346 e. The Morgan fingerprint density at radius 1 is 0.873 bits per heavy atom. The van der Waals surface area contributed by atoms with Crippen molar-refractivity contribution in [3.8, 4) is 0 Å². The Balaban J connectivity index is 1.25. The molecule has 0 bridgehead atoms. The fourth-order valence-corrected chi connectivity index (χ4v) is 13.1. The van der Waals surface area contributed by atoms with Crippen LogP contribution in [-0.2, 0) is 34.0 Å². The van der Waals surface area contributed by atoms with E-state index >= 15 is 4.79 Å². The quantitative estimate of drug-likeness (QED) is 0.212. The minimum atomic E-state index is -3.77. The number of rotatable bonds is 15. The number of carbonyl (C=O) groups excluding carboxylic acids is 5. The lowest BCUT2D eigenvalue weighted by Crippen LogP contribution is -2.53. The molecule has 0 radical (unpaired) electrons. The van der Waals surface area contributed by atoms with E-state index < -0.39 is 50.5 Å². The Kier molecular flexibility index (Phi) is 12.1. The third kappa shape index (κ3) is 8.07. The summed E-state index contributed by atoms with van der Waals surface area (Å²) in [6, 6.07) is -1.41. The summed E-state index contributed by atoms with van der Waals surface area (Å²) in [5.74, 6) is -2.89. The van der Waals surface area contributed by atoms with Gasteiger partial charge in [0.25, 0.3) is 0 Å². The molecule has 0 aromatic heterocycles. The van der Waals surface area contributed by atoms with Crippen LogP contribution in [0.4, 0.5) is 0 Å². The molecule has 0 aromatic rings. The molecule has 2 spiro atoms. The molecule has 6 rings (SSSR count). The van der Waals surface area contributed by atoms with E-state index in [0.29, 0.717) is 45.2 Å². The lowest BCUT2D eigenvalue weighted by molar-refractivity contribution is -0.147. The van der Waals surface area contributed by atoms with Gasteiger partial charge in [-0.15, -0.1) is 0 Å². The summed E-state index contributed by atoms with van der Waals surface area (Å²) in [7, 11) is -1.75. The summed E-state index contributed by atoms with van der Waals surface area (Å²) >= 11 is 0. The number of hydrogen-bond acceptors (Lipinski definition) is 8. The molecule has 2 saturated heterocycles. The van der Waals surface area contributed by atoms with Gasteiger partial charge in [-0.1, -0.05) is 73.6 Å². The van der Waals surface area contributed by atoms with E-state index in [2.05, 4.69) is 28.8 Å². The highest BCUT2D eigenvalue weighted by molar-refractivity contribution is 7.90. The highest BCUT2D eigenvalue weighted by atomic mass is 32.2. The standard InChI is InChI=1S/C43H70N4O7S/c1-8-14-29(38(51)45-55(53,54)31-18-19-31)23-34(48)33-25-43(41(5,6)42(43)20-13-21-42)27-47(33)39(52)32(40(2,3)4)24-35(49)36(28-15-10-9-11-16-28)44-37(50)30-17-12-22-46(7)26-30/h28-33,36H,8-27H2,1-7H3,(H,44,50)(H,45,51)/t29-,30-,32-,33+,36+,43-/m1/s1. The van der Waals surface area contributed by atoms with Crippen molar-refractivity contribution >= 4 is 39.3 Å². The normalized spacial score (nSPS) is 29.6. The number of ketones is 2. The maximum absolute atomic E-state index is 15.2. The van der Waals surface area contributed by atoms with Crippen molar-refractivity contribution in [2.24, 2.45) is 45.3 Å². The van der Waals surface area contributed by atoms with Gasteiger partial charge in [-0.3, -0.25) is 28.7 Å². The monoisotopic (exact) mass is 786 g/mol. The first kappa shape index (κ1) is 42.3. The number of nitrogens with zero attached hydrogens (tertiary/aromatic N) is 2. The first-order valence-electron chi connectivity index (χ1n) is 21.7. The number of fused-ring (bicyclic) bond motifs is 1. The van der Waals surface area contributed by atoms with Crippen molar-refractivity contribution in [2.45, 2.75) is 168 Å². The number of nitrogens with one attached hydrogen (secondary N) is 2. The van der Waals surface area contributed by atoms with Crippen molar-refractivity contribution in [3.05, 3.63) is 0 Å². The smallest absolute Gasteiger partial charge is 0.237 e. The number of hydrogen-bond donors (Lipinski definition) is 2. The fraction of sp³-hybridized carbons (Fsp3) is 0.884. The second-order valence-corrected chi connectivity index (χ2v) is 22.2. The zero-order chi connectivity index (χ0) is 40.1. The van der Waals surface area contributed by atoms with E-state index in [9.17, 15) is 27.6 Å². The van der Waals surface area contributed by atoms with Gasteiger partial charge in [0.05, 0.1) is 23.3 Å². The van der Waals surface area contributed by atoms with E-state index in [-0.39, 0.29) is 64.3 Å². The number of amides is 3. The second kappa shape index (κ2) is 15.8. The fourth-order valence-electron chi connectivity index (χ4n) is 11.7. The SMILES string of the molecule is CCC[C@H](CC(=O)[C@@H]1C[C@@]2(CN1C(=O)[C@@H](CC(=O)[C@@H](NC(=O)[C@@H]1CCCN(C)C1)C1CCCCC1)C(C)(C)C)C(C)(C)C21CCC1)C(=O)NS(=O)(=O)C1CC1. The van der Waals surface area contributed by atoms with Crippen LogP contribution in [0.3, 0.4) is 0 Å². The average Bonchev–Trinajstić information content (AvgIpc) is 3.97. The van der Waals surface area contributed by atoms with Gasteiger partial charge in [-0.2, -0.15) is 0 Å². The molecular weight excluding hydrogens is 717 g/mol. The van der Waals surface area contributed by atoms with Crippen LogP contribution in [0.1, 0.15) is 151 Å². The Labute approximate surface area is 330 Å². The van der Waals surface area contributed by atoms with Crippen LogP contribution in [0, 0.1) is 45.3 Å². The van der Waals surface area contributed by atoms with Crippen LogP contribution in [0.5, 0.6) is 0 Å². The minimum Gasteiger partial charge on any atom is -0.346 e. The first-order valence-corrected chi connectivity index (χ1v) is 23.2. The molecule has 11 nitrogen and oxygen atoms in total. The van der Waals surface area contributed by atoms with Crippen molar-refractivity contribution in [3.63, 3.8) is 0 Å². The van der Waals surface area contributed by atoms with E-state index in [1.54, 1.807) is 4.90 Å². The highest BCUT2D eigenvalue weighted by Crippen LogP contribution is 2.88. The average molecular weight is 787 g/mol. The minimum absolute atomic E-state index is 0.0206. The molecular formula is C43H70N4O7S. The number of carbonyl (C=O) groups is 5. The number of Topliss-reactive ketones (excluding diaryl/α,β-unsaturated/α-hetero) is 2. The number of sulfonamides is 1. The molecule has 6 atom stereocenters. The topological polar surface area (TPSA) is 150 Å². The van der Waals surface area contributed by atoms with E-state index in [1.165, 1.54) is 0 Å². The zero-order valence-corrected chi connectivity index (χ0v) is 35.7. The van der Waals surface area contributed by atoms with Gasteiger partial charge < -0.3 is 15.1 Å². The lowest BCUT2D eigenvalue weighted by atomic mass is 9.73. The van der Waals surface area contributed by atoms with Crippen molar-refractivity contribution in [1.29, 1.82) is 0 Å². The molecule has 12 heteroatoms. The molecule has 4 saturated carbocycles. The summed E-state index contributed by atoms with van der Waals surface area (Å²) in [6.45, 7) is 14.5. The van der Waals surface area contributed by atoms with Gasteiger partial charge in [0.15, 0.2) is 11.6 Å². The van der Waals surface area contributed by atoms with Gasteiger partial charge in [-0.05, 0) is 100.0 Å². The van der Waals surface area contributed by atoms with Gasteiger partial charge in [0.1, 0.15) is 0 Å². The molecule has 2 heterocycles. The van der Waals surface area contributed by atoms with Gasteiger partial charge in [0.2, 0.25) is 27.7 Å².